The van der Waals surface area contributed by atoms with E-state index in [0.717, 1.165) is 80.7 Å². The summed E-state index contributed by atoms with van der Waals surface area (Å²) in [6.45, 7) is 8.95. The number of nitrogens with zero attached hydrogens (tertiary/aromatic N) is 1. The molecule has 6 nitrogen and oxygen atoms in total. The van der Waals surface area contributed by atoms with Gasteiger partial charge in [0.2, 0.25) is 0 Å². The van der Waals surface area contributed by atoms with Crippen LogP contribution in [-0.2, 0) is 21.4 Å². The molecule has 0 aromatic heterocycles. The number of Topliss-reactive ketones (excluding diaryl/α,β-unsaturated/α-hetero) is 1. The lowest BCUT2D eigenvalue weighted by Crippen LogP contribution is -2.79. The number of likely N-dealkylation sites (tertiary alicyclic amines) is 1. The van der Waals surface area contributed by atoms with E-state index in [9.17, 15) is 14.7 Å². The summed E-state index contributed by atoms with van der Waals surface area (Å²) in [4.78, 5) is 29.0. The zero-order chi connectivity index (χ0) is 29.1. The van der Waals surface area contributed by atoms with Gasteiger partial charge in [-0.3, -0.25) is 9.69 Å². The van der Waals surface area contributed by atoms with Crippen molar-refractivity contribution in [2.24, 2.45) is 11.3 Å². The minimum atomic E-state index is -0.894. The number of carbonyl (C=O) groups excluding carboxylic acids is 2. The SMILES string of the molecule is C=C1CC[C@]23CN(CC4CC4)C4Cc5ccc(C(=O)C(=O)OCCCCCCCCCCCC)c6c5C(C2)(C1O6)C43O. The van der Waals surface area contributed by atoms with Crippen LogP contribution in [0.3, 0.4) is 0 Å². The quantitative estimate of drug-likeness (QED) is 0.0851. The number of hydrogen-bond donors (Lipinski definition) is 1. The van der Waals surface area contributed by atoms with Gasteiger partial charge in [0.1, 0.15) is 17.5 Å². The maximum absolute atomic E-state index is 13.5. The first-order chi connectivity index (χ1) is 20.4. The molecule has 4 unspecified atom stereocenters. The maximum atomic E-state index is 13.5. The number of benzene rings is 1. The van der Waals surface area contributed by atoms with E-state index in [4.69, 9.17) is 9.47 Å². The van der Waals surface area contributed by atoms with Crippen LogP contribution in [0.15, 0.2) is 24.3 Å². The Kier molecular flexibility index (Phi) is 7.33. The second-order valence-corrected chi connectivity index (χ2v) is 14.6. The van der Waals surface area contributed by atoms with Gasteiger partial charge in [-0.1, -0.05) is 77.4 Å². The molecule has 2 bridgehead atoms. The third-order valence-corrected chi connectivity index (χ3v) is 12.0. The third-order valence-electron chi connectivity index (χ3n) is 12.0. The van der Waals surface area contributed by atoms with Crippen LogP contribution in [-0.4, -0.2) is 59.2 Å². The molecule has 5 fully saturated rings. The van der Waals surface area contributed by atoms with Gasteiger partial charge >= 0.3 is 5.97 Å². The van der Waals surface area contributed by atoms with E-state index in [0.29, 0.717) is 5.75 Å². The molecule has 228 valence electrons. The molecule has 5 aliphatic carbocycles. The molecule has 4 saturated carbocycles. The molecular formula is C36H49NO5. The molecule has 7 aliphatic rings. The van der Waals surface area contributed by atoms with Crippen molar-refractivity contribution < 1.29 is 24.2 Å². The molecule has 1 saturated heterocycles. The van der Waals surface area contributed by atoms with Gasteiger partial charge in [-0.15, -0.1) is 0 Å². The van der Waals surface area contributed by atoms with Gasteiger partial charge in [-0.25, -0.2) is 4.79 Å². The molecule has 1 aromatic rings. The van der Waals surface area contributed by atoms with Crippen LogP contribution in [0.5, 0.6) is 5.75 Å². The Bertz CT molecular complexity index is 1270. The summed E-state index contributed by atoms with van der Waals surface area (Å²) in [5.74, 6) is -0.181. The van der Waals surface area contributed by atoms with E-state index in [2.05, 4.69) is 18.4 Å². The van der Waals surface area contributed by atoms with Crippen LogP contribution < -0.4 is 4.74 Å². The average molecular weight is 576 g/mol. The molecule has 2 aliphatic heterocycles. The smallest absolute Gasteiger partial charge is 0.379 e. The number of rotatable bonds is 15. The predicted octanol–water partition coefficient (Wildman–Crippen LogP) is 6.45. The fourth-order valence-electron chi connectivity index (χ4n) is 9.82. The summed E-state index contributed by atoms with van der Waals surface area (Å²) >= 11 is 0. The number of aliphatic hydroxyl groups is 1. The standard InChI is InChI=1S/C36H49NO5/c1-3-4-5-6-7-8-9-10-11-12-19-41-33(39)30(38)27-16-15-26-20-28-36(40)34(23-37(28)21-25-13-14-25)18-17-24(2)32-35(36,22-34)29(26)31(27)42-32/h15-16,25,28,32,40H,2-14,17-23H2,1H3/t28?,32?,34-,35?,36?/m1/s1. The van der Waals surface area contributed by atoms with Gasteiger partial charge in [0, 0.05) is 30.1 Å². The van der Waals surface area contributed by atoms with Crippen LogP contribution in [0.25, 0.3) is 0 Å². The molecule has 1 N–H and O–H groups in total. The topological polar surface area (TPSA) is 76.1 Å². The van der Waals surface area contributed by atoms with E-state index in [1.807, 2.05) is 6.07 Å². The monoisotopic (exact) mass is 575 g/mol. The first-order valence-corrected chi connectivity index (χ1v) is 17.0. The van der Waals surface area contributed by atoms with Gasteiger partial charge in [0.15, 0.2) is 0 Å². The molecule has 6 heteroatoms. The van der Waals surface area contributed by atoms with Crippen molar-refractivity contribution in [3.63, 3.8) is 0 Å². The number of carbonyl (C=O) groups is 2. The fraction of sp³-hybridized carbons (Fsp3) is 0.722. The molecule has 0 amide bonds. The van der Waals surface area contributed by atoms with Crippen LogP contribution in [0.2, 0.25) is 0 Å². The third kappa shape index (κ3) is 4.10. The Morgan fingerprint density at radius 1 is 1.07 bits per heavy atom. The van der Waals surface area contributed by atoms with Crippen LogP contribution in [0.4, 0.5) is 0 Å². The van der Waals surface area contributed by atoms with Gasteiger partial charge < -0.3 is 14.6 Å². The Hall–Kier alpha value is -2.18. The van der Waals surface area contributed by atoms with Crippen molar-refractivity contribution in [2.75, 3.05) is 19.7 Å². The van der Waals surface area contributed by atoms with Crippen LogP contribution >= 0.6 is 0 Å². The highest BCUT2D eigenvalue weighted by molar-refractivity contribution is 6.41. The number of hydrogen-bond acceptors (Lipinski definition) is 6. The average Bonchev–Trinajstić information content (AvgIpc) is 3.71. The number of fused-ring (bicyclic) bond motifs is 2. The molecule has 1 aromatic carbocycles. The van der Waals surface area contributed by atoms with Crippen molar-refractivity contribution in [2.45, 2.75) is 133 Å². The van der Waals surface area contributed by atoms with E-state index >= 15 is 0 Å². The summed E-state index contributed by atoms with van der Waals surface area (Å²) < 4.78 is 12.1. The lowest BCUT2D eigenvalue weighted by Gasteiger charge is -2.67. The zero-order valence-electron chi connectivity index (χ0n) is 25.6. The summed E-state index contributed by atoms with van der Waals surface area (Å²) in [6, 6.07) is 3.84. The highest BCUT2D eigenvalue weighted by Crippen LogP contribution is 2.79. The van der Waals surface area contributed by atoms with E-state index in [-0.39, 0.29) is 29.7 Å². The molecule has 8 rings (SSSR count). The molecule has 0 radical (unpaired) electrons. The minimum Gasteiger partial charge on any atom is -0.484 e. The van der Waals surface area contributed by atoms with Gasteiger partial charge in [-0.2, -0.15) is 0 Å². The lowest BCUT2D eigenvalue weighted by atomic mass is 9.37. The molecule has 2 heterocycles. The Morgan fingerprint density at radius 3 is 2.50 bits per heavy atom. The molecule has 5 atom stereocenters. The predicted molar refractivity (Wildman–Crippen MR) is 162 cm³/mol. The van der Waals surface area contributed by atoms with Gasteiger partial charge in [-0.05, 0) is 68.1 Å². The van der Waals surface area contributed by atoms with Crippen molar-refractivity contribution in [1.29, 1.82) is 0 Å². The van der Waals surface area contributed by atoms with Crippen molar-refractivity contribution in [3.05, 3.63) is 41.0 Å². The Labute approximate surface area is 251 Å². The van der Waals surface area contributed by atoms with Crippen molar-refractivity contribution in [3.8, 4) is 5.75 Å². The normalized spacial score (nSPS) is 33.5. The van der Waals surface area contributed by atoms with Crippen LogP contribution in [0, 0.1) is 11.3 Å². The summed E-state index contributed by atoms with van der Waals surface area (Å²) in [6.07, 6.45) is 17.6. The highest BCUT2D eigenvalue weighted by atomic mass is 16.5. The molecule has 2 spiro atoms. The summed E-state index contributed by atoms with van der Waals surface area (Å²) in [5.41, 5.74) is 1.80. The van der Waals surface area contributed by atoms with E-state index < -0.39 is 22.8 Å². The minimum absolute atomic E-state index is 0.0647. The first-order valence-electron chi connectivity index (χ1n) is 17.0. The van der Waals surface area contributed by atoms with E-state index in [1.54, 1.807) is 6.07 Å². The Morgan fingerprint density at radius 2 is 1.79 bits per heavy atom. The summed E-state index contributed by atoms with van der Waals surface area (Å²) in [5, 5.41) is 12.8. The largest absolute Gasteiger partial charge is 0.484 e. The zero-order valence-corrected chi connectivity index (χ0v) is 25.6. The molecule has 42 heavy (non-hydrogen) atoms. The number of ether oxygens (including phenoxy) is 2. The first kappa shape index (κ1) is 28.6. The maximum Gasteiger partial charge on any atom is 0.379 e. The number of ketones is 1. The van der Waals surface area contributed by atoms with Crippen molar-refractivity contribution >= 4 is 11.8 Å². The van der Waals surface area contributed by atoms with E-state index in [1.165, 1.54) is 57.8 Å². The van der Waals surface area contributed by atoms with Crippen LogP contribution in [0.1, 0.15) is 125 Å². The number of unbranched alkanes of at least 4 members (excludes halogenated alkanes) is 9. The fourth-order valence-corrected chi connectivity index (χ4v) is 9.82. The van der Waals surface area contributed by atoms with Gasteiger partial charge in [0.05, 0.1) is 17.6 Å². The van der Waals surface area contributed by atoms with Crippen molar-refractivity contribution in [1.82, 2.24) is 4.90 Å². The summed E-state index contributed by atoms with van der Waals surface area (Å²) in [7, 11) is 0. The number of esters is 1. The lowest BCUT2D eigenvalue weighted by molar-refractivity contribution is -0.235. The molecular weight excluding hydrogens is 526 g/mol. The highest BCUT2D eigenvalue weighted by Gasteiger charge is 2.86. The Balaban J connectivity index is 1.03. The second-order valence-electron chi connectivity index (χ2n) is 14.6. The second kappa shape index (κ2) is 10.8. The van der Waals surface area contributed by atoms with Gasteiger partial charge in [0.25, 0.3) is 5.78 Å².